The van der Waals surface area contributed by atoms with E-state index in [1.807, 2.05) is 30.3 Å². The molecule has 2 aromatic carbocycles. The molecule has 7 heteroatoms. The van der Waals surface area contributed by atoms with Crippen molar-refractivity contribution in [1.29, 1.82) is 0 Å². The van der Waals surface area contributed by atoms with Gasteiger partial charge in [0.05, 0.1) is 18.8 Å². The number of aromatic hydroxyl groups is 1. The number of nitrogens with one attached hydrogen (secondary N) is 1. The van der Waals surface area contributed by atoms with Gasteiger partial charge < -0.3 is 29.9 Å². The zero-order valence-electron chi connectivity index (χ0n) is 19.6. The highest BCUT2D eigenvalue weighted by molar-refractivity contribution is 5.80. The minimum absolute atomic E-state index is 0.339. The van der Waals surface area contributed by atoms with E-state index in [-0.39, 0.29) is 0 Å². The number of rotatable bonds is 9. The van der Waals surface area contributed by atoms with Gasteiger partial charge in [-0.3, -0.25) is 0 Å². The highest BCUT2D eigenvalue weighted by atomic mass is 16.5. The molecule has 7 nitrogen and oxygen atoms in total. The van der Waals surface area contributed by atoms with Gasteiger partial charge in [-0.15, -0.1) is 0 Å². The second kappa shape index (κ2) is 12.2. The van der Waals surface area contributed by atoms with E-state index in [0.717, 1.165) is 75.3 Å². The van der Waals surface area contributed by atoms with Crippen LogP contribution in [0, 0.1) is 0 Å². The van der Waals surface area contributed by atoms with Gasteiger partial charge in [-0.25, -0.2) is 4.99 Å². The number of piperazine rings is 1. The molecule has 0 atom stereocenters. The Kier molecular flexibility index (Phi) is 9.04. The van der Waals surface area contributed by atoms with Crippen LogP contribution < -0.4 is 15.0 Å². The van der Waals surface area contributed by atoms with Crippen molar-refractivity contribution in [2.24, 2.45) is 4.99 Å². The molecule has 32 heavy (non-hydrogen) atoms. The molecule has 2 N–H and O–H groups in total. The first-order valence-electron chi connectivity index (χ1n) is 11.5. The van der Waals surface area contributed by atoms with E-state index in [4.69, 9.17) is 9.73 Å². The number of phenolic OH excluding ortho intramolecular Hbond substituents is 1. The van der Waals surface area contributed by atoms with Crippen molar-refractivity contribution in [3.05, 3.63) is 54.1 Å². The molecule has 0 spiro atoms. The van der Waals surface area contributed by atoms with E-state index in [1.54, 1.807) is 6.07 Å². The summed E-state index contributed by atoms with van der Waals surface area (Å²) < 4.78 is 5.82. The fourth-order valence-electron chi connectivity index (χ4n) is 3.74. The first-order chi connectivity index (χ1) is 15.6. The minimum Gasteiger partial charge on any atom is -0.506 e. The van der Waals surface area contributed by atoms with Gasteiger partial charge in [0, 0.05) is 39.3 Å². The van der Waals surface area contributed by atoms with Crippen LogP contribution in [0.3, 0.4) is 0 Å². The summed E-state index contributed by atoms with van der Waals surface area (Å²) in [5, 5.41) is 13.6. The summed E-state index contributed by atoms with van der Waals surface area (Å²) in [7, 11) is 4.15. The number of benzene rings is 2. The topological polar surface area (TPSA) is 63.6 Å². The molecule has 0 bridgehead atoms. The molecule has 0 aliphatic carbocycles. The van der Waals surface area contributed by atoms with Gasteiger partial charge in [0.25, 0.3) is 0 Å². The highest BCUT2D eigenvalue weighted by Crippen LogP contribution is 2.27. The average Bonchev–Trinajstić information content (AvgIpc) is 2.81. The minimum atomic E-state index is 0.339. The summed E-state index contributed by atoms with van der Waals surface area (Å²) in [5.74, 6) is 2.18. The van der Waals surface area contributed by atoms with Crippen LogP contribution in [0.25, 0.3) is 0 Å². The van der Waals surface area contributed by atoms with E-state index in [0.29, 0.717) is 12.3 Å². The van der Waals surface area contributed by atoms with Crippen molar-refractivity contribution in [2.45, 2.75) is 19.9 Å². The van der Waals surface area contributed by atoms with Gasteiger partial charge in [-0.05, 0) is 57.3 Å². The Morgan fingerprint density at radius 2 is 1.78 bits per heavy atom. The lowest BCUT2D eigenvalue weighted by Crippen LogP contribution is -2.52. The van der Waals surface area contributed by atoms with E-state index >= 15 is 0 Å². The van der Waals surface area contributed by atoms with Crippen LogP contribution in [0.2, 0.25) is 0 Å². The van der Waals surface area contributed by atoms with Crippen LogP contribution in [0.15, 0.2) is 53.5 Å². The molecular formula is C25H37N5O2. The molecule has 1 aliphatic heterocycles. The molecule has 0 radical (unpaired) electrons. The van der Waals surface area contributed by atoms with Gasteiger partial charge in [0.2, 0.25) is 0 Å². The average molecular weight is 440 g/mol. The number of ether oxygens (including phenoxy) is 1. The number of para-hydroxylation sites is 2. The van der Waals surface area contributed by atoms with Gasteiger partial charge in [-0.1, -0.05) is 24.3 Å². The molecule has 174 valence electrons. The standard InChI is InChI=1S/C25H37N5O2/c1-4-26-25(30-17-15-29(16-18-30)23-8-5-6-9-24(23)31)27-20-21-10-12-22(13-11-21)32-19-7-14-28(2)3/h5-6,8-13,31H,4,7,14-20H2,1-3H3,(H,26,27). The van der Waals surface area contributed by atoms with Crippen LogP contribution in [0.1, 0.15) is 18.9 Å². The van der Waals surface area contributed by atoms with Crippen molar-refractivity contribution >= 4 is 11.6 Å². The zero-order valence-corrected chi connectivity index (χ0v) is 19.6. The van der Waals surface area contributed by atoms with Crippen molar-refractivity contribution < 1.29 is 9.84 Å². The molecular weight excluding hydrogens is 402 g/mol. The predicted octanol–water partition coefficient (Wildman–Crippen LogP) is 3.01. The Bertz CT molecular complexity index is 846. The van der Waals surface area contributed by atoms with Gasteiger partial charge in [0.15, 0.2) is 5.96 Å². The largest absolute Gasteiger partial charge is 0.506 e. The van der Waals surface area contributed by atoms with Crippen LogP contribution in [-0.4, -0.2) is 80.8 Å². The Hall–Kier alpha value is -2.93. The number of phenols is 1. The predicted molar refractivity (Wildman–Crippen MR) is 132 cm³/mol. The van der Waals surface area contributed by atoms with E-state index in [9.17, 15) is 5.11 Å². The second-order valence-electron chi connectivity index (χ2n) is 8.28. The quantitative estimate of drug-likeness (QED) is 0.356. The maximum Gasteiger partial charge on any atom is 0.194 e. The summed E-state index contributed by atoms with van der Waals surface area (Å²) in [5.41, 5.74) is 2.06. The fraction of sp³-hybridized carbons (Fsp3) is 0.480. The monoisotopic (exact) mass is 439 g/mol. The fourth-order valence-corrected chi connectivity index (χ4v) is 3.74. The molecule has 1 aliphatic rings. The molecule has 0 amide bonds. The molecule has 0 saturated carbocycles. The first-order valence-corrected chi connectivity index (χ1v) is 11.5. The lowest BCUT2D eigenvalue weighted by Gasteiger charge is -2.37. The lowest BCUT2D eigenvalue weighted by molar-refractivity contribution is 0.281. The Balaban J connectivity index is 1.52. The molecule has 2 aromatic rings. The molecule has 0 aromatic heterocycles. The summed E-state index contributed by atoms with van der Waals surface area (Å²) in [6, 6.07) is 15.8. The Labute approximate surface area is 192 Å². The lowest BCUT2D eigenvalue weighted by atomic mass is 10.2. The van der Waals surface area contributed by atoms with Crippen LogP contribution in [-0.2, 0) is 6.54 Å². The summed E-state index contributed by atoms with van der Waals surface area (Å²) in [6.45, 7) is 8.73. The normalized spacial score (nSPS) is 14.7. The maximum atomic E-state index is 10.1. The Morgan fingerprint density at radius 3 is 2.44 bits per heavy atom. The number of nitrogens with zero attached hydrogens (tertiary/aromatic N) is 4. The number of anilines is 1. The summed E-state index contributed by atoms with van der Waals surface area (Å²) in [6.07, 6.45) is 1.02. The Morgan fingerprint density at radius 1 is 1.06 bits per heavy atom. The van der Waals surface area contributed by atoms with Crippen molar-refractivity contribution in [3.8, 4) is 11.5 Å². The molecule has 3 rings (SSSR count). The highest BCUT2D eigenvalue weighted by Gasteiger charge is 2.21. The third-order valence-electron chi connectivity index (χ3n) is 5.49. The third-order valence-corrected chi connectivity index (χ3v) is 5.49. The van der Waals surface area contributed by atoms with Crippen LogP contribution in [0.4, 0.5) is 5.69 Å². The van der Waals surface area contributed by atoms with Crippen molar-refractivity contribution in [3.63, 3.8) is 0 Å². The van der Waals surface area contributed by atoms with Crippen molar-refractivity contribution in [1.82, 2.24) is 15.1 Å². The van der Waals surface area contributed by atoms with Crippen molar-refractivity contribution in [2.75, 3.05) is 64.9 Å². The van der Waals surface area contributed by atoms with E-state index in [1.165, 1.54) is 0 Å². The van der Waals surface area contributed by atoms with Crippen LogP contribution in [0.5, 0.6) is 11.5 Å². The van der Waals surface area contributed by atoms with E-state index < -0.39 is 0 Å². The molecule has 1 saturated heterocycles. The van der Waals surface area contributed by atoms with Crippen LogP contribution >= 0.6 is 0 Å². The number of aliphatic imine (C=N–C) groups is 1. The summed E-state index contributed by atoms with van der Waals surface area (Å²) in [4.78, 5) is 11.6. The molecule has 0 unspecified atom stereocenters. The van der Waals surface area contributed by atoms with E-state index in [2.05, 4.69) is 53.2 Å². The number of guanidine groups is 1. The van der Waals surface area contributed by atoms with Gasteiger partial charge in [-0.2, -0.15) is 0 Å². The van der Waals surface area contributed by atoms with Gasteiger partial charge >= 0.3 is 0 Å². The number of hydrogen-bond donors (Lipinski definition) is 2. The van der Waals surface area contributed by atoms with Gasteiger partial charge in [0.1, 0.15) is 11.5 Å². The second-order valence-corrected chi connectivity index (χ2v) is 8.28. The maximum absolute atomic E-state index is 10.1. The summed E-state index contributed by atoms with van der Waals surface area (Å²) >= 11 is 0. The zero-order chi connectivity index (χ0) is 22.8. The third kappa shape index (κ3) is 7.05. The molecule has 1 heterocycles. The first kappa shape index (κ1) is 23.7. The SMILES string of the molecule is CCNC(=NCc1ccc(OCCCN(C)C)cc1)N1CCN(c2ccccc2O)CC1. The molecule has 1 fully saturated rings. The smallest absolute Gasteiger partial charge is 0.194 e. The number of hydrogen-bond acceptors (Lipinski definition) is 5.